The molecule has 0 atom stereocenters. The summed E-state index contributed by atoms with van der Waals surface area (Å²) in [5, 5.41) is 3.41. The third kappa shape index (κ3) is 5.24. The topological polar surface area (TPSA) is 28.2 Å². The summed E-state index contributed by atoms with van der Waals surface area (Å²) in [5.74, 6) is 0. The smallest absolute Gasteiger partial charge is 0.0313 e. The van der Waals surface area contributed by atoms with E-state index in [1.165, 1.54) is 17.5 Å². The summed E-state index contributed by atoms with van der Waals surface area (Å²) in [5.41, 5.74) is 2.52. The minimum absolute atomic E-state index is 0.975. The summed E-state index contributed by atoms with van der Waals surface area (Å²) < 4.78 is 0. The lowest BCUT2D eigenvalue weighted by Crippen LogP contribution is -2.29. The zero-order chi connectivity index (χ0) is 11.8. The fourth-order valence-electron chi connectivity index (χ4n) is 1.67. The first-order valence-corrected chi connectivity index (χ1v) is 6.02. The van der Waals surface area contributed by atoms with Crippen LogP contribution < -0.4 is 5.32 Å². The molecule has 0 amide bonds. The van der Waals surface area contributed by atoms with Crippen molar-refractivity contribution in [2.45, 2.75) is 26.8 Å². The minimum atomic E-state index is 0.975. The van der Waals surface area contributed by atoms with Crippen LogP contribution in [0.1, 0.15) is 24.5 Å². The van der Waals surface area contributed by atoms with E-state index in [1.807, 2.05) is 12.4 Å². The highest BCUT2D eigenvalue weighted by Gasteiger charge is 2.00. The maximum absolute atomic E-state index is 4.20. The molecule has 0 aromatic carbocycles. The summed E-state index contributed by atoms with van der Waals surface area (Å²) in [7, 11) is 2.15. The van der Waals surface area contributed by atoms with Crippen molar-refractivity contribution < 1.29 is 0 Å². The van der Waals surface area contributed by atoms with Gasteiger partial charge in [0.25, 0.3) is 0 Å². The molecule has 0 saturated heterocycles. The van der Waals surface area contributed by atoms with Crippen molar-refractivity contribution in [1.82, 2.24) is 15.2 Å². The van der Waals surface area contributed by atoms with E-state index >= 15 is 0 Å². The third-order valence-corrected chi connectivity index (χ3v) is 2.48. The first-order valence-electron chi connectivity index (χ1n) is 6.02. The van der Waals surface area contributed by atoms with Crippen molar-refractivity contribution in [2.24, 2.45) is 0 Å². The van der Waals surface area contributed by atoms with Gasteiger partial charge in [0.1, 0.15) is 0 Å². The molecular formula is C13H23N3. The lowest BCUT2D eigenvalue weighted by Gasteiger charge is -2.16. The predicted octanol–water partition coefficient (Wildman–Crippen LogP) is 1.82. The third-order valence-electron chi connectivity index (χ3n) is 2.48. The van der Waals surface area contributed by atoms with E-state index in [0.29, 0.717) is 0 Å². The lowest BCUT2D eigenvalue weighted by molar-refractivity contribution is 0.324. The summed E-state index contributed by atoms with van der Waals surface area (Å²) in [6.45, 7) is 8.49. The molecule has 0 spiro atoms. The molecule has 0 aliphatic heterocycles. The number of pyridine rings is 1. The van der Waals surface area contributed by atoms with Crippen molar-refractivity contribution in [3.63, 3.8) is 0 Å². The highest BCUT2D eigenvalue weighted by molar-refractivity contribution is 5.16. The molecule has 0 unspecified atom stereocenters. The van der Waals surface area contributed by atoms with Crippen LogP contribution in [0.25, 0.3) is 0 Å². The first kappa shape index (κ1) is 13.1. The van der Waals surface area contributed by atoms with Gasteiger partial charge in [-0.05, 0) is 38.1 Å². The Kier molecular flexibility index (Phi) is 6.04. The maximum Gasteiger partial charge on any atom is 0.0313 e. The van der Waals surface area contributed by atoms with Crippen molar-refractivity contribution in [1.29, 1.82) is 0 Å². The molecule has 0 aliphatic carbocycles. The van der Waals surface area contributed by atoms with Crippen LogP contribution in [0.5, 0.6) is 0 Å². The minimum Gasteiger partial charge on any atom is -0.315 e. The largest absolute Gasteiger partial charge is 0.315 e. The van der Waals surface area contributed by atoms with Crippen molar-refractivity contribution in [3.8, 4) is 0 Å². The van der Waals surface area contributed by atoms with Crippen LogP contribution in [0.15, 0.2) is 18.5 Å². The monoisotopic (exact) mass is 221 g/mol. The van der Waals surface area contributed by atoms with Crippen LogP contribution in [0.3, 0.4) is 0 Å². The second-order valence-electron chi connectivity index (χ2n) is 4.36. The van der Waals surface area contributed by atoms with Crippen molar-refractivity contribution in [2.75, 3.05) is 26.7 Å². The molecule has 1 N–H and O–H groups in total. The number of nitrogens with zero attached hydrogens (tertiary/aromatic N) is 2. The number of rotatable bonds is 7. The van der Waals surface area contributed by atoms with E-state index < -0.39 is 0 Å². The van der Waals surface area contributed by atoms with Crippen LogP contribution in [0, 0.1) is 6.92 Å². The number of hydrogen-bond acceptors (Lipinski definition) is 3. The molecule has 1 heterocycles. The number of nitrogens with one attached hydrogen (secondary N) is 1. The van der Waals surface area contributed by atoms with Gasteiger partial charge in [-0.3, -0.25) is 4.98 Å². The Morgan fingerprint density at radius 1 is 1.31 bits per heavy atom. The molecule has 16 heavy (non-hydrogen) atoms. The van der Waals surface area contributed by atoms with Crippen LogP contribution in [-0.2, 0) is 6.54 Å². The van der Waals surface area contributed by atoms with Gasteiger partial charge in [0.05, 0.1) is 0 Å². The fraction of sp³-hybridized carbons (Fsp3) is 0.615. The van der Waals surface area contributed by atoms with Gasteiger partial charge >= 0.3 is 0 Å². The number of aryl methyl sites for hydroxylation is 1. The molecule has 3 nitrogen and oxygen atoms in total. The van der Waals surface area contributed by atoms with Crippen molar-refractivity contribution in [3.05, 3.63) is 29.6 Å². The highest BCUT2D eigenvalue weighted by Crippen LogP contribution is 2.03. The summed E-state index contributed by atoms with van der Waals surface area (Å²) in [6.07, 6.45) is 5.04. The SMILES string of the molecule is CCCNCCN(C)Cc1cncc(C)c1. The lowest BCUT2D eigenvalue weighted by atomic mass is 10.2. The number of aromatic nitrogens is 1. The molecule has 3 heteroatoms. The summed E-state index contributed by atoms with van der Waals surface area (Å²) in [4.78, 5) is 6.52. The molecule has 1 aromatic rings. The Morgan fingerprint density at radius 2 is 2.12 bits per heavy atom. The fourth-order valence-corrected chi connectivity index (χ4v) is 1.67. The van der Waals surface area contributed by atoms with Crippen LogP contribution >= 0.6 is 0 Å². The first-order chi connectivity index (χ1) is 7.72. The van der Waals surface area contributed by atoms with Gasteiger partial charge in [0, 0.05) is 32.0 Å². The zero-order valence-corrected chi connectivity index (χ0v) is 10.7. The molecule has 1 aromatic heterocycles. The van der Waals surface area contributed by atoms with Gasteiger partial charge in [-0.15, -0.1) is 0 Å². The molecule has 0 saturated carbocycles. The second-order valence-corrected chi connectivity index (χ2v) is 4.36. The Balaban J connectivity index is 2.25. The van der Waals surface area contributed by atoms with E-state index in [9.17, 15) is 0 Å². The summed E-state index contributed by atoms with van der Waals surface area (Å²) in [6, 6.07) is 2.20. The Morgan fingerprint density at radius 3 is 2.81 bits per heavy atom. The average molecular weight is 221 g/mol. The van der Waals surface area contributed by atoms with E-state index in [2.05, 4.69) is 42.2 Å². The van der Waals surface area contributed by atoms with Crippen molar-refractivity contribution >= 4 is 0 Å². The number of hydrogen-bond donors (Lipinski definition) is 1. The van der Waals surface area contributed by atoms with Gasteiger partial charge in [0.15, 0.2) is 0 Å². The standard InChI is InChI=1S/C13H23N3/c1-4-5-14-6-7-16(3)11-13-8-12(2)9-15-10-13/h8-10,14H,4-7,11H2,1-3H3. The van der Waals surface area contributed by atoms with E-state index in [-0.39, 0.29) is 0 Å². The Labute approximate surface area is 98.9 Å². The summed E-state index contributed by atoms with van der Waals surface area (Å²) >= 11 is 0. The van der Waals surface area contributed by atoms with Crippen LogP contribution in [-0.4, -0.2) is 36.6 Å². The molecule has 1 rings (SSSR count). The van der Waals surface area contributed by atoms with E-state index in [1.54, 1.807) is 0 Å². The maximum atomic E-state index is 4.20. The van der Waals surface area contributed by atoms with Gasteiger partial charge < -0.3 is 10.2 Å². The molecule has 0 radical (unpaired) electrons. The molecular weight excluding hydrogens is 198 g/mol. The second kappa shape index (κ2) is 7.36. The van der Waals surface area contributed by atoms with Gasteiger partial charge in [-0.25, -0.2) is 0 Å². The van der Waals surface area contributed by atoms with E-state index in [4.69, 9.17) is 0 Å². The Bertz CT molecular complexity index is 299. The van der Waals surface area contributed by atoms with Gasteiger partial charge in [-0.2, -0.15) is 0 Å². The van der Waals surface area contributed by atoms with Crippen LogP contribution in [0.4, 0.5) is 0 Å². The van der Waals surface area contributed by atoms with E-state index in [0.717, 1.165) is 26.2 Å². The highest BCUT2D eigenvalue weighted by atomic mass is 15.1. The molecule has 0 bridgehead atoms. The predicted molar refractivity (Wildman–Crippen MR) is 68.5 cm³/mol. The number of likely N-dealkylation sites (N-methyl/N-ethyl adjacent to an activating group) is 1. The molecule has 0 fully saturated rings. The Hall–Kier alpha value is -0.930. The average Bonchev–Trinajstić information content (AvgIpc) is 2.24. The van der Waals surface area contributed by atoms with Gasteiger partial charge in [-0.1, -0.05) is 13.0 Å². The van der Waals surface area contributed by atoms with Gasteiger partial charge in [0.2, 0.25) is 0 Å². The molecule has 0 aliphatic rings. The quantitative estimate of drug-likeness (QED) is 0.712. The molecule has 90 valence electrons. The van der Waals surface area contributed by atoms with Crippen LogP contribution in [0.2, 0.25) is 0 Å². The zero-order valence-electron chi connectivity index (χ0n) is 10.7. The normalized spacial score (nSPS) is 11.0.